The van der Waals surface area contributed by atoms with Gasteiger partial charge in [-0.3, -0.25) is 0 Å². The first kappa shape index (κ1) is 15.3. The van der Waals surface area contributed by atoms with E-state index in [0.717, 1.165) is 22.6 Å². The Balaban J connectivity index is 1.93. The van der Waals surface area contributed by atoms with Gasteiger partial charge in [0.15, 0.2) is 0 Å². The van der Waals surface area contributed by atoms with Crippen LogP contribution in [0.15, 0.2) is 60.7 Å². The minimum Gasteiger partial charge on any atom is -0.497 e. The number of rotatable bonds is 2. The van der Waals surface area contributed by atoms with Crippen molar-refractivity contribution in [2.24, 2.45) is 0 Å². The third kappa shape index (κ3) is 4.78. The van der Waals surface area contributed by atoms with Gasteiger partial charge < -0.3 is 9.47 Å². The van der Waals surface area contributed by atoms with E-state index in [9.17, 15) is 0 Å². The Labute approximate surface area is 131 Å². The van der Waals surface area contributed by atoms with Crippen molar-refractivity contribution in [3.63, 3.8) is 0 Å². The van der Waals surface area contributed by atoms with Crippen LogP contribution < -0.4 is 9.47 Å². The molecule has 0 unspecified atom stereocenters. The van der Waals surface area contributed by atoms with E-state index in [0.29, 0.717) is 0 Å². The Kier molecular flexibility index (Phi) is 5.73. The molecule has 2 heteroatoms. The molecule has 0 heterocycles. The van der Waals surface area contributed by atoms with Crippen molar-refractivity contribution in [2.45, 2.75) is 0 Å². The molecule has 0 aliphatic carbocycles. The van der Waals surface area contributed by atoms with E-state index in [1.54, 1.807) is 26.4 Å². The molecule has 0 saturated carbocycles. The standard InChI is InChI=1S/C20H16O2/c1-21-19-13-9-17(10-14-19)7-5-3-4-6-8-18-11-15-20(22-2)16-12-18/h3-4,9-16H,1-2H3/b4-3-. The highest BCUT2D eigenvalue weighted by Crippen LogP contribution is 2.10. The van der Waals surface area contributed by atoms with Gasteiger partial charge in [0.1, 0.15) is 11.5 Å². The molecule has 0 aliphatic heterocycles. The van der Waals surface area contributed by atoms with Gasteiger partial charge in [0.2, 0.25) is 0 Å². The van der Waals surface area contributed by atoms with Crippen LogP contribution in [0.1, 0.15) is 11.1 Å². The molecule has 0 saturated heterocycles. The minimum atomic E-state index is 0.825. The second-order valence-corrected chi connectivity index (χ2v) is 4.33. The summed E-state index contributed by atoms with van der Waals surface area (Å²) in [6.45, 7) is 0. The third-order valence-corrected chi connectivity index (χ3v) is 2.86. The number of benzene rings is 2. The van der Waals surface area contributed by atoms with Gasteiger partial charge in [-0.15, -0.1) is 0 Å². The number of ether oxygens (including phenoxy) is 2. The van der Waals surface area contributed by atoms with E-state index in [-0.39, 0.29) is 0 Å². The highest BCUT2D eigenvalue weighted by atomic mass is 16.5. The van der Waals surface area contributed by atoms with Gasteiger partial charge in [-0.05, 0) is 60.7 Å². The molecule has 2 rings (SSSR count). The van der Waals surface area contributed by atoms with Crippen molar-refractivity contribution in [1.82, 2.24) is 0 Å². The summed E-state index contributed by atoms with van der Waals surface area (Å²) < 4.78 is 10.2. The Morgan fingerprint density at radius 3 is 1.32 bits per heavy atom. The van der Waals surface area contributed by atoms with Gasteiger partial charge in [0.05, 0.1) is 14.2 Å². The van der Waals surface area contributed by atoms with E-state index in [2.05, 4.69) is 23.7 Å². The van der Waals surface area contributed by atoms with Crippen LogP contribution in [0.25, 0.3) is 0 Å². The quantitative estimate of drug-likeness (QED) is 0.785. The van der Waals surface area contributed by atoms with Gasteiger partial charge in [-0.1, -0.05) is 23.7 Å². The lowest BCUT2D eigenvalue weighted by atomic mass is 10.2. The lowest BCUT2D eigenvalue weighted by molar-refractivity contribution is 0.414. The van der Waals surface area contributed by atoms with Crippen LogP contribution in [0.3, 0.4) is 0 Å². The first-order chi connectivity index (χ1) is 10.8. The van der Waals surface area contributed by atoms with Gasteiger partial charge in [-0.2, -0.15) is 0 Å². The zero-order valence-electron chi connectivity index (χ0n) is 12.6. The fourth-order valence-electron chi connectivity index (χ4n) is 1.68. The molecule has 22 heavy (non-hydrogen) atoms. The molecule has 0 fully saturated rings. The summed E-state index contributed by atoms with van der Waals surface area (Å²) in [6, 6.07) is 15.2. The first-order valence-electron chi connectivity index (χ1n) is 6.78. The zero-order chi connectivity index (χ0) is 15.6. The summed E-state index contributed by atoms with van der Waals surface area (Å²) >= 11 is 0. The lowest BCUT2D eigenvalue weighted by Crippen LogP contribution is -1.81. The number of hydrogen-bond donors (Lipinski definition) is 0. The van der Waals surface area contributed by atoms with E-state index in [1.165, 1.54) is 0 Å². The second-order valence-electron chi connectivity index (χ2n) is 4.33. The summed E-state index contributed by atoms with van der Waals surface area (Å²) in [5.41, 5.74) is 1.88. The molecule has 0 atom stereocenters. The van der Waals surface area contributed by atoms with E-state index in [4.69, 9.17) is 9.47 Å². The average molecular weight is 288 g/mol. The maximum atomic E-state index is 5.10. The van der Waals surface area contributed by atoms with Crippen LogP contribution in [-0.2, 0) is 0 Å². The Bertz CT molecular complexity index is 678. The normalized spacial score (nSPS) is 9.36. The monoisotopic (exact) mass is 288 g/mol. The molecule has 2 aromatic carbocycles. The Morgan fingerprint density at radius 2 is 1.00 bits per heavy atom. The predicted octanol–water partition coefficient (Wildman–Crippen LogP) is 3.66. The maximum absolute atomic E-state index is 5.10. The summed E-state index contributed by atoms with van der Waals surface area (Å²) in [5.74, 6) is 13.6. The number of allylic oxidation sites excluding steroid dienone is 2. The highest BCUT2D eigenvalue weighted by Gasteiger charge is 1.89. The predicted molar refractivity (Wildman–Crippen MR) is 88.9 cm³/mol. The molecule has 2 aromatic rings. The molecule has 0 bridgehead atoms. The Hall–Kier alpha value is -3.10. The van der Waals surface area contributed by atoms with Crippen LogP contribution in [0.4, 0.5) is 0 Å². The van der Waals surface area contributed by atoms with Crippen LogP contribution in [0.5, 0.6) is 11.5 Å². The molecule has 0 radical (unpaired) electrons. The fourth-order valence-corrected chi connectivity index (χ4v) is 1.68. The van der Waals surface area contributed by atoms with Gasteiger partial charge in [-0.25, -0.2) is 0 Å². The van der Waals surface area contributed by atoms with E-state index < -0.39 is 0 Å². The van der Waals surface area contributed by atoms with Crippen LogP contribution in [0, 0.1) is 23.7 Å². The highest BCUT2D eigenvalue weighted by molar-refractivity contribution is 5.43. The maximum Gasteiger partial charge on any atom is 0.118 e. The van der Waals surface area contributed by atoms with Crippen molar-refractivity contribution in [2.75, 3.05) is 14.2 Å². The minimum absolute atomic E-state index is 0.825. The smallest absolute Gasteiger partial charge is 0.118 e. The Morgan fingerprint density at radius 1 is 0.636 bits per heavy atom. The van der Waals surface area contributed by atoms with Crippen molar-refractivity contribution >= 4 is 0 Å². The van der Waals surface area contributed by atoms with Crippen LogP contribution in [-0.4, -0.2) is 14.2 Å². The van der Waals surface area contributed by atoms with E-state index >= 15 is 0 Å². The molecule has 0 spiro atoms. The topological polar surface area (TPSA) is 18.5 Å². The summed E-state index contributed by atoms with van der Waals surface area (Å²) in [7, 11) is 3.29. The molecule has 0 aliphatic rings. The van der Waals surface area contributed by atoms with Crippen molar-refractivity contribution in [3.05, 3.63) is 71.8 Å². The van der Waals surface area contributed by atoms with Crippen LogP contribution >= 0.6 is 0 Å². The lowest BCUT2D eigenvalue weighted by Gasteiger charge is -1.97. The molecular formula is C20H16O2. The zero-order valence-corrected chi connectivity index (χ0v) is 12.6. The average Bonchev–Trinajstić information content (AvgIpc) is 2.59. The van der Waals surface area contributed by atoms with Crippen LogP contribution in [0.2, 0.25) is 0 Å². The SMILES string of the molecule is COc1ccc(C#C/C=C\C#Cc2ccc(OC)cc2)cc1. The summed E-state index contributed by atoms with van der Waals surface area (Å²) in [6.07, 6.45) is 3.47. The summed E-state index contributed by atoms with van der Waals surface area (Å²) in [5, 5.41) is 0. The number of methoxy groups -OCH3 is 2. The van der Waals surface area contributed by atoms with Crippen molar-refractivity contribution in [3.8, 4) is 35.2 Å². The molecular weight excluding hydrogens is 272 g/mol. The van der Waals surface area contributed by atoms with Crippen molar-refractivity contribution < 1.29 is 9.47 Å². The third-order valence-electron chi connectivity index (χ3n) is 2.86. The largest absolute Gasteiger partial charge is 0.497 e. The van der Waals surface area contributed by atoms with Gasteiger partial charge in [0.25, 0.3) is 0 Å². The molecule has 2 nitrogen and oxygen atoms in total. The van der Waals surface area contributed by atoms with Gasteiger partial charge in [0, 0.05) is 11.1 Å². The molecule has 0 aromatic heterocycles. The fraction of sp³-hybridized carbons (Fsp3) is 0.100. The first-order valence-corrected chi connectivity index (χ1v) is 6.78. The van der Waals surface area contributed by atoms with E-state index in [1.807, 2.05) is 48.5 Å². The summed E-state index contributed by atoms with van der Waals surface area (Å²) in [4.78, 5) is 0. The molecule has 108 valence electrons. The molecule has 0 N–H and O–H groups in total. The second kappa shape index (κ2) is 8.25. The number of hydrogen-bond acceptors (Lipinski definition) is 2. The van der Waals surface area contributed by atoms with Crippen molar-refractivity contribution in [1.29, 1.82) is 0 Å². The van der Waals surface area contributed by atoms with Gasteiger partial charge >= 0.3 is 0 Å². The molecule has 0 amide bonds.